The lowest BCUT2D eigenvalue weighted by molar-refractivity contribution is 0.322. The second kappa shape index (κ2) is 3.74. The Labute approximate surface area is 77.6 Å². The fraction of sp³-hybridized carbons (Fsp3) is 0. The Morgan fingerprint density at radius 1 is 1.55 bits per heavy atom. The summed E-state index contributed by atoms with van der Waals surface area (Å²) in [5.74, 6) is 0. The molecule has 0 spiro atoms. The van der Waals surface area contributed by atoms with Crippen molar-refractivity contribution in [3.63, 3.8) is 0 Å². The first-order valence-corrected chi connectivity index (χ1v) is 4.03. The molecule has 11 heavy (non-hydrogen) atoms. The molecule has 0 fully saturated rings. The molecule has 0 heterocycles. The van der Waals surface area contributed by atoms with E-state index >= 15 is 0 Å². The summed E-state index contributed by atoms with van der Waals surface area (Å²) in [5, 5.41) is 11.7. The fourth-order valence-electron chi connectivity index (χ4n) is 0.659. The van der Waals surface area contributed by atoms with Gasteiger partial charge in [-0.15, -0.1) is 0 Å². The lowest BCUT2D eigenvalue weighted by Gasteiger charge is -1.95. The van der Waals surface area contributed by atoms with E-state index in [1.807, 2.05) is 0 Å². The maximum atomic E-state index is 8.20. The second-order valence-corrected chi connectivity index (χ2v) is 3.18. The zero-order valence-corrected chi connectivity index (χ0v) is 7.80. The van der Waals surface area contributed by atoms with Gasteiger partial charge in [-0.1, -0.05) is 22.8 Å². The van der Waals surface area contributed by atoms with Crippen LogP contribution in [0.25, 0.3) is 0 Å². The molecular weight excluding hydrogens is 229 g/mol. The Kier molecular flexibility index (Phi) is 2.91. The van der Waals surface area contributed by atoms with Crippen molar-refractivity contribution in [3.8, 4) is 0 Å². The molecule has 0 saturated heterocycles. The Balaban J connectivity index is 3.05. The van der Waals surface area contributed by atoms with Gasteiger partial charge in [0.25, 0.3) is 0 Å². The molecule has 0 amide bonds. The van der Waals surface area contributed by atoms with E-state index in [0.717, 1.165) is 10.0 Å². The van der Waals surface area contributed by atoms with E-state index in [1.165, 1.54) is 6.21 Å². The van der Waals surface area contributed by atoms with Gasteiger partial charge in [-0.05, 0) is 33.6 Å². The average molecular weight is 234 g/mol. The Morgan fingerprint density at radius 3 is 2.82 bits per heavy atom. The molecule has 0 radical (unpaired) electrons. The molecule has 0 aliphatic carbocycles. The van der Waals surface area contributed by atoms with E-state index in [-0.39, 0.29) is 0 Å². The highest BCUT2D eigenvalue weighted by atomic mass is 79.9. The number of hydrogen-bond donors (Lipinski definition) is 1. The van der Waals surface area contributed by atoms with E-state index in [9.17, 15) is 0 Å². The van der Waals surface area contributed by atoms with Gasteiger partial charge in [0.2, 0.25) is 0 Å². The number of benzene rings is 1. The molecule has 1 rings (SSSR count). The van der Waals surface area contributed by atoms with Crippen molar-refractivity contribution in [2.75, 3.05) is 0 Å². The van der Waals surface area contributed by atoms with Crippen LogP contribution in [0.3, 0.4) is 0 Å². The van der Waals surface area contributed by atoms with Gasteiger partial charge in [-0.3, -0.25) is 0 Å². The smallest absolute Gasteiger partial charge is 0.0734 e. The van der Waals surface area contributed by atoms with Gasteiger partial charge in [0.15, 0.2) is 0 Å². The van der Waals surface area contributed by atoms with Crippen LogP contribution in [0.5, 0.6) is 0 Å². The molecule has 1 N–H and O–H groups in total. The van der Waals surface area contributed by atoms with E-state index in [2.05, 4.69) is 21.1 Å². The number of rotatable bonds is 1. The molecule has 0 unspecified atom stereocenters. The number of nitrogens with zero attached hydrogens (tertiary/aromatic N) is 1. The van der Waals surface area contributed by atoms with Crippen molar-refractivity contribution in [3.05, 3.63) is 33.3 Å². The first-order valence-electron chi connectivity index (χ1n) is 2.86. The van der Waals surface area contributed by atoms with Crippen molar-refractivity contribution in [1.82, 2.24) is 0 Å². The lowest BCUT2D eigenvalue weighted by Crippen LogP contribution is -1.80. The normalized spacial score (nSPS) is 10.7. The summed E-state index contributed by atoms with van der Waals surface area (Å²) in [5.41, 5.74) is 0.795. The monoisotopic (exact) mass is 233 g/mol. The topological polar surface area (TPSA) is 32.6 Å². The summed E-state index contributed by atoms with van der Waals surface area (Å²) >= 11 is 8.97. The van der Waals surface area contributed by atoms with E-state index in [1.54, 1.807) is 18.2 Å². The van der Waals surface area contributed by atoms with E-state index in [4.69, 9.17) is 16.8 Å². The predicted molar refractivity (Wildman–Crippen MR) is 48.5 cm³/mol. The third kappa shape index (κ3) is 2.20. The summed E-state index contributed by atoms with van der Waals surface area (Å²) in [7, 11) is 0. The maximum absolute atomic E-state index is 8.20. The summed E-state index contributed by atoms with van der Waals surface area (Å²) in [6.07, 6.45) is 1.33. The number of oxime groups is 1. The minimum atomic E-state index is 0.639. The molecule has 0 aliphatic heterocycles. The standard InChI is InChI=1S/C7H5BrClNO/c8-6-3-5(4-10-11)1-2-7(6)9/h1-4,11H/b10-4+. The zero-order chi connectivity index (χ0) is 8.27. The van der Waals surface area contributed by atoms with Crippen LogP contribution in [0.4, 0.5) is 0 Å². The quantitative estimate of drug-likeness (QED) is 0.452. The largest absolute Gasteiger partial charge is 0.411 e. The van der Waals surface area contributed by atoms with Crippen LogP contribution in [0.2, 0.25) is 5.02 Å². The predicted octanol–water partition coefficient (Wildman–Crippen LogP) is 2.91. The minimum absolute atomic E-state index is 0.639. The van der Waals surface area contributed by atoms with Gasteiger partial charge in [0.1, 0.15) is 0 Å². The Hall–Kier alpha value is -0.540. The van der Waals surface area contributed by atoms with Crippen LogP contribution in [-0.2, 0) is 0 Å². The molecule has 4 heteroatoms. The number of hydrogen-bond acceptors (Lipinski definition) is 2. The van der Waals surface area contributed by atoms with Crippen LogP contribution in [0.15, 0.2) is 27.8 Å². The molecule has 0 bridgehead atoms. The molecule has 0 saturated carbocycles. The summed E-state index contributed by atoms with van der Waals surface area (Å²) in [6.45, 7) is 0. The summed E-state index contributed by atoms with van der Waals surface area (Å²) < 4.78 is 0.788. The zero-order valence-electron chi connectivity index (χ0n) is 5.46. The van der Waals surface area contributed by atoms with Crippen LogP contribution in [0.1, 0.15) is 5.56 Å². The summed E-state index contributed by atoms with van der Waals surface area (Å²) in [4.78, 5) is 0. The van der Waals surface area contributed by atoms with Gasteiger partial charge >= 0.3 is 0 Å². The third-order valence-corrected chi connectivity index (χ3v) is 2.36. The van der Waals surface area contributed by atoms with Gasteiger partial charge in [0, 0.05) is 4.47 Å². The van der Waals surface area contributed by atoms with Crippen molar-refractivity contribution in [2.45, 2.75) is 0 Å². The first-order chi connectivity index (χ1) is 5.24. The van der Waals surface area contributed by atoms with Crippen molar-refractivity contribution in [1.29, 1.82) is 0 Å². The molecule has 0 aromatic heterocycles. The average Bonchev–Trinajstić information content (AvgIpc) is 1.98. The highest BCUT2D eigenvalue weighted by Crippen LogP contribution is 2.22. The highest BCUT2D eigenvalue weighted by Gasteiger charge is 1.95. The van der Waals surface area contributed by atoms with Crippen LogP contribution in [-0.4, -0.2) is 11.4 Å². The summed E-state index contributed by atoms with van der Waals surface area (Å²) in [6, 6.07) is 5.25. The SMILES string of the molecule is O/N=C/c1ccc(Cl)c(Br)c1. The Bertz CT molecular complexity index is 288. The first kappa shape index (κ1) is 8.56. The van der Waals surface area contributed by atoms with Crippen molar-refractivity contribution >= 4 is 33.7 Å². The molecule has 58 valence electrons. The van der Waals surface area contributed by atoms with Gasteiger partial charge in [0.05, 0.1) is 11.2 Å². The van der Waals surface area contributed by atoms with Crippen LogP contribution >= 0.6 is 27.5 Å². The third-order valence-electron chi connectivity index (χ3n) is 1.15. The van der Waals surface area contributed by atoms with Gasteiger partial charge in [-0.2, -0.15) is 0 Å². The lowest BCUT2D eigenvalue weighted by atomic mass is 10.2. The van der Waals surface area contributed by atoms with E-state index in [0.29, 0.717) is 5.02 Å². The van der Waals surface area contributed by atoms with Crippen LogP contribution in [0, 0.1) is 0 Å². The van der Waals surface area contributed by atoms with Gasteiger partial charge < -0.3 is 5.21 Å². The van der Waals surface area contributed by atoms with E-state index < -0.39 is 0 Å². The minimum Gasteiger partial charge on any atom is -0.411 e. The highest BCUT2D eigenvalue weighted by molar-refractivity contribution is 9.10. The van der Waals surface area contributed by atoms with Crippen molar-refractivity contribution in [2.24, 2.45) is 5.16 Å². The molecule has 2 nitrogen and oxygen atoms in total. The fourth-order valence-corrected chi connectivity index (χ4v) is 1.17. The number of halogens is 2. The van der Waals surface area contributed by atoms with Crippen molar-refractivity contribution < 1.29 is 5.21 Å². The molecule has 0 atom stereocenters. The maximum Gasteiger partial charge on any atom is 0.0734 e. The molecule has 1 aromatic carbocycles. The van der Waals surface area contributed by atoms with Gasteiger partial charge in [-0.25, -0.2) is 0 Å². The second-order valence-electron chi connectivity index (χ2n) is 1.92. The molecule has 0 aliphatic rings. The Morgan fingerprint density at radius 2 is 2.27 bits per heavy atom. The van der Waals surface area contributed by atoms with Crippen LogP contribution < -0.4 is 0 Å². The molecule has 1 aromatic rings. The molecular formula is C7H5BrClNO.